The van der Waals surface area contributed by atoms with Gasteiger partial charge < -0.3 is 19.9 Å². The van der Waals surface area contributed by atoms with Gasteiger partial charge in [0.15, 0.2) is 0 Å². The summed E-state index contributed by atoms with van der Waals surface area (Å²) >= 11 is 5.91. The summed E-state index contributed by atoms with van der Waals surface area (Å²) in [5.74, 6) is -3.26. The number of ether oxygens (including phenoxy) is 3. The van der Waals surface area contributed by atoms with Crippen molar-refractivity contribution in [1.29, 1.82) is 5.26 Å². The number of hydrogen-bond donors (Lipinski definition) is 1. The van der Waals surface area contributed by atoms with Crippen LogP contribution < -0.4 is 5.73 Å². The van der Waals surface area contributed by atoms with E-state index in [1.54, 1.807) is 38.1 Å². The first kappa shape index (κ1) is 19.3. The van der Waals surface area contributed by atoms with Crippen LogP contribution in [0, 0.1) is 11.3 Å². The van der Waals surface area contributed by atoms with Crippen molar-refractivity contribution in [1.82, 2.24) is 0 Å². The number of nitrogens with two attached hydrogens (primary N) is 1. The van der Waals surface area contributed by atoms with E-state index in [1.807, 2.05) is 6.07 Å². The van der Waals surface area contributed by atoms with Crippen LogP contribution in [0.25, 0.3) is 0 Å². The number of carbonyl (C=O) groups is 2. The Morgan fingerprint density at radius 3 is 2.31 bits per heavy atom. The Morgan fingerprint density at radius 2 is 1.77 bits per heavy atom. The number of nitriles is 1. The van der Waals surface area contributed by atoms with Gasteiger partial charge in [0.2, 0.25) is 11.6 Å². The van der Waals surface area contributed by atoms with Crippen molar-refractivity contribution in [3.8, 4) is 6.07 Å². The highest BCUT2D eigenvalue weighted by molar-refractivity contribution is 6.30. The molecule has 1 aliphatic heterocycles. The summed E-state index contributed by atoms with van der Waals surface area (Å²) in [7, 11) is 0. The monoisotopic (exact) mass is 376 g/mol. The molecule has 0 saturated heterocycles. The van der Waals surface area contributed by atoms with E-state index < -0.39 is 17.9 Å². The van der Waals surface area contributed by atoms with Crippen LogP contribution in [-0.4, -0.2) is 25.2 Å². The van der Waals surface area contributed by atoms with Crippen LogP contribution in [0.2, 0.25) is 5.02 Å². The van der Waals surface area contributed by atoms with Crippen LogP contribution in [0.1, 0.15) is 25.3 Å². The molecule has 1 atom stereocenters. The largest absolute Gasteiger partial charge is 0.462 e. The van der Waals surface area contributed by atoms with Crippen LogP contribution in [0.15, 0.2) is 47.1 Å². The van der Waals surface area contributed by atoms with Crippen molar-refractivity contribution >= 4 is 23.5 Å². The molecule has 0 spiro atoms. The van der Waals surface area contributed by atoms with Crippen molar-refractivity contribution in [2.45, 2.75) is 19.8 Å². The van der Waals surface area contributed by atoms with Crippen molar-refractivity contribution in [3.05, 3.63) is 57.6 Å². The minimum atomic E-state index is -0.940. The number of rotatable bonds is 5. The van der Waals surface area contributed by atoms with E-state index in [0.717, 1.165) is 0 Å². The van der Waals surface area contributed by atoms with Crippen molar-refractivity contribution in [2.24, 2.45) is 5.73 Å². The van der Waals surface area contributed by atoms with Gasteiger partial charge in [-0.1, -0.05) is 23.7 Å². The SMILES string of the molecule is CCOC(=O)C1=C(C(=O)OCC)C(c2ccc(Cl)cc2)C(C#N)=C(N)O1. The van der Waals surface area contributed by atoms with Crippen molar-refractivity contribution in [2.75, 3.05) is 13.2 Å². The molecule has 0 saturated carbocycles. The summed E-state index contributed by atoms with van der Waals surface area (Å²) < 4.78 is 15.3. The van der Waals surface area contributed by atoms with Gasteiger partial charge in [0.25, 0.3) is 0 Å². The Kier molecular flexibility index (Phi) is 6.26. The lowest BCUT2D eigenvalue weighted by Gasteiger charge is -2.27. The first-order valence-electron chi connectivity index (χ1n) is 7.85. The fourth-order valence-electron chi connectivity index (χ4n) is 2.51. The lowest BCUT2D eigenvalue weighted by molar-refractivity contribution is -0.145. The number of benzene rings is 1. The number of nitrogens with zero attached hydrogens (tertiary/aromatic N) is 1. The summed E-state index contributed by atoms with van der Waals surface area (Å²) in [4.78, 5) is 24.9. The van der Waals surface area contributed by atoms with Crippen LogP contribution in [0.3, 0.4) is 0 Å². The molecule has 1 unspecified atom stereocenters. The second-order valence-corrected chi connectivity index (χ2v) is 5.60. The van der Waals surface area contributed by atoms with E-state index in [-0.39, 0.29) is 36.0 Å². The predicted molar refractivity (Wildman–Crippen MR) is 92.4 cm³/mol. The number of halogens is 1. The van der Waals surface area contributed by atoms with Gasteiger partial charge in [0.1, 0.15) is 17.2 Å². The molecule has 1 aromatic rings. The third kappa shape index (κ3) is 3.81. The molecule has 1 heterocycles. The Bertz CT molecular complexity index is 821. The standard InChI is InChI=1S/C18H17ClN2O5/c1-3-24-17(22)14-13(10-5-7-11(19)8-6-10)12(9-20)16(21)26-15(14)18(23)25-4-2/h5-8,13H,3-4,21H2,1-2H3. The lowest BCUT2D eigenvalue weighted by atomic mass is 9.83. The van der Waals surface area contributed by atoms with Gasteiger partial charge in [0.05, 0.1) is 19.1 Å². The topological polar surface area (TPSA) is 112 Å². The van der Waals surface area contributed by atoms with Gasteiger partial charge in [-0.25, -0.2) is 9.59 Å². The number of esters is 2. The second kappa shape index (κ2) is 8.41. The molecule has 2 rings (SSSR count). The molecule has 0 aromatic heterocycles. The van der Waals surface area contributed by atoms with E-state index in [0.29, 0.717) is 10.6 Å². The third-order valence-electron chi connectivity index (χ3n) is 3.58. The van der Waals surface area contributed by atoms with E-state index in [9.17, 15) is 14.9 Å². The molecule has 0 aliphatic carbocycles. The Balaban J connectivity index is 2.70. The van der Waals surface area contributed by atoms with Gasteiger partial charge in [-0.2, -0.15) is 5.26 Å². The molecule has 1 aliphatic rings. The highest BCUT2D eigenvalue weighted by Crippen LogP contribution is 2.40. The van der Waals surface area contributed by atoms with Gasteiger partial charge in [-0.3, -0.25) is 0 Å². The quantitative estimate of drug-likeness (QED) is 0.785. The van der Waals surface area contributed by atoms with E-state index in [2.05, 4.69) is 0 Å². The van der Waals surface area contributed by atoms with E-state index >= 15 is 0 Å². The minimum absolute atomic E-state index is 0.0107. The molecule has 7 nitrogen and oxygen atoms in total. The second-order valence-electron chi connectivity index (χ2n) is 5.16. The zero-order valence-corrected chi connectivity index (χ0v) is 15.0. The molecular formula is C18H17ClN2O5. The maximum Gasteiger partial charge on any atom is 0.374 e. The molecule has 0 radical (unpaired) electrons. The molecule has 26 heavy (non-hydrogen) atoms. The zero-order chi connectivity index (χ0) is 19.3. The first-order valence-corrected chi connectivity index (χ1v) is 8.23. The highest BCUT2D eigenvalue weighted by atomic mass is 35.5. The van der Waals surface area contributed by atoms with Gasteiger partial charge in [-0.05, 0) is 31.5 Å². The molecule has 0 amide bonds. The summed E-state index contributed by atoms with van der Waals surface area (Å²) in [5, 5.41) is 10.00. The smallest absolute Gasteiger partial charge is 0.374 e. The summed E-state index contributed by atoms with van der Waals surface area (Å²) in [6.07, 6.45) is 0. The fraction of sp³-hybridized carbons (Fsp3) is 0.278. The normalized spacial score (nSPS) is 16.6. The molecule has 136 valence electrons. The number of hydrogen-bond acceptors (Lipinski definition) is 7. The maximum absolute atomic E-state index is 12.6. The molecular weight excluding hydrogens is 360 g/mol. The lowest BCUT2D eigenvalue weighted by Crippen LogP contribution is -2.29. The van der Waals surface area contributed by atoms with Crippen molar-refractivity contribution < 1.29 is 23.8 Å². The number of carbonyl (C=O) groups excluding carboxylic acids is 2. The molecule has 1 aromatic carbocycles. The predicted octanol–water partition coefficient (Wildman–Crippen LogP) is 2.53. The average molecular weight is 377 g/mol. The van der Waals surface area contributed by atoms with Crippen LogP contribution in [0.5, 0.6) is 0 Å². The van der Waals surface area contributed by atoms with Crippen LogP contribution in [0.4, 0.5) is 0 Å². The summed E-state index contributed by atoms with van der Waals surface area (Å²) in [5.41, 5.74) is 6.20. The van der Waals surface area contributed by atoms with E-state index in [1.165, 1.54) is 0 Å². The summed E-state index contributed by atoms with van der Waals surface area (Å²) in [6, 6.07) is 8.40. The molecule has 0 bridgehead atoms. The van der Waals surface area contributed by atoms with Crippen molar-refractivity contribution in [3.63, 3.8) is 0 Å². The van der Waals surface area contributed by atoms with E-state index in [4.69, 9.17) is 31.5 Å². The molecule has 0 fully saturated rings. The Hall–Kier alpha value is -2.98. The Labute approximate surface area is 155 Å². The fourth-order valence-corrected chi connectivity index (χ4v) is 2.64. The molecule has 8 heteroatoms. The molecule has 2 N–H and O–H groups in total. The van der Waals surface area contributed by atoms with Crippen LogP contribution >= 0.6 is 11.6 Å². The maximum atomic E-state index is 12.6. The Morgan fingerprint density at radius 1 is 1.19 bits per heavy atom. The highest BCUT2D eigenvalue weighted by Gasteiger charge is 2.40. The van der Waals surface area contributed by atoms with Gasteiger partial charge in [-0.15, -0.1) is 0 Å². The number of allylic oxidation sites excluding steroid dienone is 1. The summed E-state index contributed by atoms with van der Waals surface area (Å²) in [6.45, 7) is 3.38. The zero-order valence-electron chi connectivity index (χ0n) is 14.2. The van der Waals surface area contributed by atoms with Gasteiger partial charge in [0, 0.05) is 5.02 Å². The van der Waals surface area contributed by atoms with Gasteiger partial charge >= 0.3 is 11.9 Å². The van der Waals surface area contributed by atoms with Crippen LogP contribution in [-0.2, 0) is 23.8 Å². The minimum Gasteiger partial charge on any atom is -0.462 e. The third-order valence-corrected chi connectivity index (χ3v) is 3.83. The first-order chi connectivity index (χ1) is 12.4. The average Bonchev–Trinajstić information content (AvgIpc) is 2.61.